The molecular formula is C20H23N5O. The predicted octanol–water partition coefficient (Wildman–Crippen LogP) is 2.49. The molecule has 0 spiro atoms. The van der Waals surface area contributed by atoms with Crippen molar-refractivity contribution in [3.63, 3.8) is 0 Å². The van der Waals surface area contributed by atoms with Crippen LogP contribution in [0.3, 0.4) is 0 Å². The molecule has 0 radical (unpaired) electrons. The van der Waals surface area contributed by atoms with E-state index >= 15 is 0 Å². The third-order valence-corrected chi connectivity index (χ3v) is 4.76. The minimum absolute atomic E-state index is 0.455. The molecule has 0 amide bonds. The van der Waals surface area contributed by atoms with Crippen LogP contribution in [-0.2, 0) is 17.9 Å². The third-order valence-electron chi connectivity index (χ3n) is 4.76. The van der Waals surface area contributed by atoms with Crippen LogP contribution in [0.15, 0.2) is 48.9 Å². The van der Waals surface area contributed by atoms with E-state index in [4.69, 9.17) is 4.74 Å². The summed E-state index contributed by atoms with van der Waals surface area (Å²) < 4.78 is 5.06. The normalized spacial score (nSPS) is 15.5. The van der Waals surface area contributed by atoms with Crippen LogP contribution in [0.5, 0.6) is 0 Å². The maximum Gasteiger partial charge on any atom is 0.153 e. The van der Waals surface area contributed by atoms with Crippen LogP contribution >= 0.6 is 0 Å². The van der Waals surface area contributed by atoms with Crippen molar-refractivity contribution in [3.05, 3.63) is 60.3 Å². The van der Waals surface area contributed by atoms with Gasteiger partial charge in [0.1, 0.15) is 12.4 Å². The molecule has 3 aromatic rings. The van der Waals surface area contributed by atoms with Crippen LogP contribution in [0.2, 0.25) is 0 Å². The van der Waals surface area contributed by atoms with Gasteiger partial charge in [0.15, 0.2) is 5.82 Å². The molecule has 2 aromatic heterocycles. The Bertz CT molecular complexity index is 854. The number of anilines is 1. The highest BCUT2D eigenvalue weighted by molar-refractivity contribution is 5.92. The zero-order valence-electron chi connectivity index (χ0n) is 15.0. The third kappa shape index (κ3) is 3.66. The van der Waals surface area contributed by atoms with Crippen LogP contribution in [0, 0.1) is 0 Å². The number of ether oxygens (including phenoxy) is 1. The quantitative estimate of drug-likeness (QED) is 0.705. The van der Waals surface area contributed by atoms with Crippen molar-refractivity contribution in [1.82, 2.24) is 19.9 Å². The summed E-state index contributed by atoms with van der Waals surface area (Å²) >= 11 is 0. The van der Waals surface area contributed by atoms with E-state index in [1.165, 1.54) is 10.8 Å². The van der Waals surface area contributed by atoms with Crippen LogP contribution in [-0.4, -0.2) is 53.1 Å². The van der Waals surface area contributed by atoms with Gasteiger partial charge in [0.05, 0.1) is 0 Å². The Morgan fingerprint density at radius 2 is 1.73 bits per heavy atom. The van der Waals surface area contributed by atoms with E-state index in [1.807, 2.05) is 18.6 Å². The Hall–Kier alpha value is -2.57. The summed E-state index contributed by atoms with van der Waals surface area (Å²) in [4.78, 5) is 18.2. The van der Waals surface area contributed by atoms with Gasteiger partial charge < -0.3 is 9.64 Å². The molecule has 4 rings (SSSR count). The van der Waals surface area contributed by atoms with Gasteiger partial charge in [-0.2, -0.15) is 0 Å². The molecule has 0 saturated carbocycles. The molecule has 0 atom stereocenters. The summed E-state index contributed by atoms with van der Waals surface area (Å²) in [7, 11) is 1.65. The van der Waals surface area contributed by atoms with E-state index in [-0.39, 0.29) is 0 Å². The van der Waals surface area contributed by atoms with Gasteiger partial charge in [-0.15, -0.1) is 0 Å². The molecule has 1 fully saturated rings. The maximum atomic E-state index is 5.06. The number of hydrogen-bond donors (Lipinski definition) is 0. The van der Waals surface area contributed by atoms with Crippen molar-refractivity contribution in [3.8, 4) is 0 Å². The summed E-state index contributed by atoms with van der Waals surface area (Å²) in [6.45, 7) is 5.30. The average molecular weight is 349 g/mol. The second-order valence-electron chi connectivity index (χ2n) is 6.56. The van der Waals surface area contributed by atoms with E-state index in [9.17, 15) is 0 Å². The monoisotopic (exact) mass is 349 g/mol. The van der Waals surface area contributed by atoms with Crippen molar-refractivity contribution in [2.75, 3.05) is 38.2 Å². The average Bonchev–Trinajstić information content (AvgIpc) is 2.70. The first-order valence-corrected chi connectivity index (χ1v) is 8.93. The van der Waals surface area contributed by atoms with Crippen LogP contribution in [0.4, 0.5) is 5.82 Å². The maximum absolute atomic E-state index is 5.06. The summed E-state index contributed by atoms with van der Waals surface area (Å²) in [5.74, 6) is 1.82. The number of pyridine rings is 1. The number of benzene rings is 1. The fraction of sp³-hybridized carbons (Fsp3) is 0.350. The number of nitrogens with zero attached hydrogens (tertiary/aromatic N) is 5. The topological polar surface area (TPSA) is 54.4 Å². The van der Waals surface area contributed by atoms with Gasteiger partial charge in [-0.25, -0.2) is 15.0 Å². The highest BCUT2D eigenvalue weighted by Gasteiger charge is 2.19. The fourth-order valence-electron chi connectivity index (χ4n) is 3.40. The fourth-order valence-corrected chi connectivity index (χ4v) is 3.40. The highest BCUT2D eigenvalue weighted by Crippen LogP contribution is 2.25. The van der Waals surface area contributed by atoms with Gasteiger partial charge in [0.2, 0.25) is 0 Å². The zero-order valence-corrected chi connectivity index (χ0v) is 15.0. The number of hydrogen-bond acceptors (Lipinski definition) is 6. The van der Waals surface area contributed by atoms with Crippen molar-refractivity contribution in [2.45, 2.75) is 13.2 Å². The van der Waals surface area contributed by atoms with Gasteiger partial charge >= 0.3 is 0 Å². The second-order valence-corrected chi connectivity index (χ2v) is 6.56. The van der Waals surface area contributed by atoms with Gasteiger partial charge in [0, 0.05) is 69.4 Å². The zero-order chi connectivity index (χ0) is 17.8. The van der Waals surface area contributed by atoms with Crippen molar-refractivity contribution in [1.29, 1.82) is 0 Å². The number of aromatic nitrogens is 3. The molecule has 6 nitrogen and oxygen atoms in total. The molecule has 0 bridgehead atoms. The number of methoxy groups -OCH3 is 1. The lowest BCUT2D eigenvalue weighted by atomic mass is 10.1. The highest BCUT2D eigenvalue weighted by atomic mass is 16.5. The van der Waals surface area contributed by atoms with E-state index < -0.39 is 0 Å². The lowest BCUT2D eigenvalue weighted by Gasteiger charge is -2.35. The molecule has 134 valence electrons. The molecule has 1 aliphatic heterocycles. The molecule has 3 heterocycles. The summed E-state index contributed by atoms with van der Waals surface area (Å²) in [5.41, 5.74) is 1.14. The minimum atomic E-state index is 0.455. The van der Waals surface area contributed by atoms with E-state index in [0.29, 0.717) is 6.61 Å². The van der Waals surface area contributed by atoms with Gasteiger partial charge in [-0.1, -0.05) is 24.3 Å². The Labute approximate surface area is 153 Å². The lowest BCUT2D eigenvalue weighted by molar-refractivity contribution is 0.177. The van der Waals surface area contributed by atoms with E-state index in [1.54, 1.807) is 7.11 Å². The minimum Gasteiger partial charge on any atom is -0.377 e. The molecule has 0 aliphatic carbocycles. The Balaban J connectivity index is 1.39. The molecule has 26 heavy (non-hydrogen) atoms. The first kappa shape index (κ1) is 16.9. The first-order chi connectivity index (χ1) is 12.8. The molecule has 0 unspecified atom stereocenters. The first-order valence-electron chi connectivity index (χ1n) is 8.93. The number of rotatable bonds is 5. The van der Waals surface area contributed by atoms with E-state index in [0.717, 1.165) is 49.9 Å². The number of fused-ring (bicyclic) bond motifs is 1. The Kier molecular flexibility index (Phi) is 5.04. The molecule has 1 saturated heterocycles. The van der Waals surface area contributed by atoms with Gasteiger partial charge in [-0.05, 0) is 11.5 Å². The lowest BCUT2D eigenvalue weighted by Crippen LogP contribution is -2.46. The summed E-state index contributed by atoms with van der Waals surface area (Å²) in [6, 6.07) is 10.5. The molecule has 6 heteroatoms. The van der Waals surface area contributed by atoms with E-state index in [2.05, 4.69) is 55.1 Å². The van der Waals surface area contributed by atoms with Crippen LogP contribution < -0.4 is 4.90 Å². The Morgan fingerprint density at radius 1 is 0.962 bits per heavy atom. The summed E-state index contributed by atoms with van der Waals surface area (Å²) in [5, 5.41) is 2.47. The van der Waals surface area contributed by atoms with Crippen LogP contribution in [0.1, 0.15) is 11.4 Å². The SMILES string of the molecule is COCc1ncc(CN2CCN(c3nccc4ccccc34)CC2)cn1. The molecule has 0 N–H and O–H groups in total. The Morgan fingerprint density at radius 3 is 2.50 bits per heavy atom. The smallest absolute Gasteiger partial charge is 0.153 e. The van der Waals surface area contributed by atoms with Crippen molar-refractivity contribution >= 4 is 16.6 Å². The standard InChI is InChI=1S/C20H23N5O/c1-26-15-19-22-12-16(13-23-19)14-24-8-10-25(11-9-24)20-18-5-3-2-4-17(18)6-7-21-20/h2-7,12-13H,8-11,14-15H2,1H3. The van der Waals surface area contributed by atoms with Gasteiger partial charge in [0.25, 0.3) is 0 Å². The van der Waals surface area contributed by atoms with Crippen LogP contribution in [0.25, 0.3) is 10.8 Å². The number of piperazine rings is 1. The predicted molar refractivity (Wildman–Crippen MR) is 102 cm³/mol. The largest absolute Gasteiger partial charge is 0.377 e. The molecule has 1 aliphatic rings. The molecular weight excluding hydrogens is 326 g/mol. The van der Waals surface area contributed by atoms with Crippen molar-refractivity contribution < 1.29 is 4.74 Å². The molecule has 1 aromatic carbocycles. The second kappa shape index (κ2) is 7.76. The van der Waals surface area contributed by atoms with Gasteiger partial charge in [-0.3, -0.25) is 4.90 Å². The van der Waals surface area contributed by atoms with Crippen molar-refractivity contribution in [2.24, 2.45) is 0 Å². The summed E-state index contributed by atoms with van der Waals surface area (Å²) in [6.07, 6.45) is 5.71.